The summed E-state index contributed by atoms with van der Waals surface area (Å²) in [6.07, 6.45) is 3.91. The lowest BCUT2D eigenvalue weighted by Crippen LogP contribution is -2.13. The third-order valence-electron chi connectivity index (χ3n) is 2.10. The predicted molar refractivity (Wildman–Crippen MR) is 56.9 cm³/mol. The second-order valence-corrected chi connectivity index (χ2v) is 3.73. The SMILES string of the molecule is N=C(N)c1ccnc(NC2CC2)c1Cl. The lowest BCUT2D eigenvalue weighted by Gasteiger charge is -2.08. The van der Waals surface area contributed by atoms with Crippen LogP contribution in [0.2, 0.25) is 5.02 Å². The van der Waals surface area contributed by atoms with Gasteiger partial charge in [-0.25, -0.2) is 4.98 Å². The number of nitrogens with one attached hydrogen (secondary N) is 2. The molecule has 4 N–H and O–H groups in total. The lowest BCUT2D eigenvalue weighted by molar-refractivity contribution is 1.11. The van der Waals surface area contributed by atoms with Crippen LogP contribution < -0.4 is 11.1 Å². The average molecular weight is 211 g/mol. The summed E-state index contributed by atoms with van der Waals surface area (Å²) in [7, 11) is 0. The number of nitrogen functional groups attached to an aromatic ring is 1. The molecule has 2 rings (SSSR count). The van der Waals surface area contributed by atoms with Gasteiger partial charge in [0.05, 0.1) is 5.02 Å². The molecule has 0 spiro atoms. The molecule has 0 radical (unpaired) electrons. The van der Waals surface area contributed by atoms with E-state index in [9.17, 15) is 0 Å². The maximum Gasteiger partial charge on any atom is 0.145 e. The molecule has 0 saturated heterocycles. The maximum atomic E-state index is 7.31. The van der Waals surface area contributed by atoms with Crippen LogP contribution in [0.25, 0.3) is 0 Å². The van der Waals surface area contributed by atoms with E-state index < -0.39 is 0 Å². The molecular formula is C9H11ClN4. The molecule has 1 saturated carbocycles. The Morgan fingerprint density at radius 1 is 1.64 bits per heavy atom. The fraction of sp³-hybridized carbons (Fsp3) is 0.333. The highest BCUT2D eigenvalue weighted by atomic mass is 35.5. The summed E-state index contributed by atoms with van der Waals surface area (Å²) in [5.41, 5.74) is 5.91. The van der Waals surface area contributed by atoms with E-state index in [2.05, 4.69) is 10.3 Å². The van der Waals surface area contributed by atoms with E-state index in [1.165, 1.54) is 0 Å². The van der Waals surface area contributed by atoms with Crippen LogP contribution in [0.4, 0.5) is 5.82 Å². The summed E-state index contributed by atoms with van der Waals surface area (Å²) >= 11 is 6.03. The maximum absolute atomic E-state index is 7.31. The highest BCUT2D eigenvalue weighted by Gasteiger charge is 2.23. The Hall–Kier alpha value is -1.29. The van der Waals surface area contributed by atoms with Crippen molar-refractivity contribution in [3.8, 4) is 0 Å². The van der Waals surface area contributed by atoms with Gasteiger partial charge in [-0.05, 0) is 18.9 Å². The Morgan fingerprint density at radius 3 is 2.93 bits per heavy atom. The van der Waals surface area contributed by atoms with Gasteiger partial charge in [0.15, 0.2) is 0 Å². The van der Waals surface area contributed by atoms with E-state index in [1.807, 2.05) is 0 Å². The number of hydrogen-bond donors (Lipinski definition) is 3. The molecule has 0 aliphatic heterocycles. The Kier molecular flexibility index (Phi) is 2.29. The zero-order valence-corrected chi connectivity index (χ0v) is 8.30. The zero-order chi connectivity index (χ0) is 10.1. The van der Waals surface area contributed by atoms with Crippen LogP contribution >= 0.6 is 11.6 Å². The topological polar surface area (TPSA) is 74.8 Å². The first-order chi connectivity index (χ1) is 6.68. The molecular weight excluding hydrogens is 200 g/mol. The molecule has 0 atom stereocenters. The van der Waals surface area contributed by atoms with Crippen LogP contribution in [0, 0.1) is 5.41 Å². The van der Waals surface area contributed by atoms with Gasteiger partial charge in [0.25, 0.3) is 0 Å². The minimum atomic E-state index is -0.0313. The van der Waals surface area contributed by atoms with Crippen molar-refractivity contribution in [2.45, 2.75) is 18.9 Å². The van der Waals surface area contributed by atoms with Crippen molar-refractivity contribution in [1.82, 2.24) is 4.98 Å². The molecule has 0 amide bonds. The minimum Gasteiger partial charge on any atom is -0.384 e. The monoisotopic (exact) mass is 210 g/mol. The molecule has 0 unspecified atom stereocenters. The second-order valence-electron chi connectivity index (χ2n) is 3.35. The summed E-state index contributed by atoms with van der Waals surface area (Å²) in [5, 5.41) is 10.9. The van der Waals surface area contributed by atoms with Crippen LogP contribution in [0.15, 0.2) is 12.3 Å². The second kappa shape index (κ2) is 3.46. The van der Waals surface area contributed by atoms with Crippen molar-refractivity contribution < 1.29 is 0 Å². The molecule has 1 aromatic rings. The zero-order valence-electron chi connectivity index (χ0n) is 7.55. The van der Waals surface area contributed by atoms with Gasteiger partial charge in [-0.3, -0.25) is 5.41 Å². The Labute approximate surface area is 87.0 Å². The van der Waals surface area contributed by atoms with E-state index in [-0.39, 0.29) is 5.84 Å². The Bertz CT molecular complexity index is 373. The summed E-state index contributed by atoms with van der Waals surface area (Å²) in [6, 6.07) is 2.13. The number of nitrogens with zero attached hydrogens (tertiary/aromatic N) is 1. The standard InChI is InChI=1S/C9H11ClN4/c10-7-6(8(11)12)3-4-13-9(7)14-5-1-2-5/h3-5H,1-2H2,(H3,11,12)(H,13,14). The van der Waals surface area contributed by atoms with Crippen molar-refractivity contribution in [1.29, 1.82) is 5.41 Å². The summed E-state index contributed by atoms with van der Waals surface area (Å²) in [5.74, 6) is 0.595. The molecule has 0 aromatic carbocycles. The molecule has 1 aliphatic carbocycles. The number of amidine groups is 1. The first-order valence-electron chi connectivity index (χ1n) is 4.44. The van der Waals surface area contributed by atoms with Gasteiger partial charge in [0, 0.05) is 17.8 Å². The van der Waals surface area contributed by atoms with E-state index in [1.54, 1.807) is 12.3 Å². The lowest BCUT2D eigenvalue weighted by atomic mass is 10.2. The van der Waals surface area contributed by atoms with Gasteiger partial charge in [-0.1, -0.05) is 11.6 Å². The predicted octanol–water partition coefficient (Wildman–Crippen LogP) is 1.59. The third kappa shape index (κ3) is 1.80. The van der Waals surface area contributed by atoms with Crippen LogP contribution in [0.3, 0.4) is 0 Å². The smallest absolute Gasteiger partial charge is 0.145 e. The third-order valence-corrected chi connectivity index (χ3v) is 2.48. The van der Waals surface area contributed by atoms with Crippen LogP contribution in [-0.4, -0.2) is 16.9 Å². The van der Waals surface area contributed by atoms with Crippen LogP contribution in [0.1, 0.15) is 18.4 Å². The average Bonchev–Trinajstić information content (AvgIpc) is 2.92. The molecule has 4 nitrogen and oxygen atoms in total. The van der Waals surface area contributed by atoms with Crippen molar-refractivity contribution in [3.05, 3.63) is 22.8 Å². The first kappa shape index (κ1) is 9.27. The normalized spacial score (nSPS) is 15.2. The van der Waals surface area contributed by atoms with E-state index in [0.717, 1.165) is 12.8 Å². The van der Waals surface area contributed by atoms with Crippen molar-refractivity contribution in [2.24, 2.45) is 5.73 Å². The van der Waals surface area contributed by atoms with Crippen molar-refractivity contribution >= 4 is 23.3 Å². The number of pyridine rings is 1. The molecule has 1 aliphatic rings. The molecule has 14 heavy (non-hydrogen) atoms. The summed E-state index contributed by atoms with van der Waals surface area (Å²) < 4.78 is 0. The minimum absolute atomic E-state index is 0.0313. The van der Waals surface area contributed by atoms with Gasteiger partial charge in [-0.15, -0.1) is 0 Å². The van der Waals surface area contributed by atoms with Crippen molar-refractivity contribution in [2.75, 3.05) is 5.32 Å². The number of aromatic nitrogens is 1. The van der Waals surface area contributed by atoms with Gasteiger partial charge < -0.3 is 11.1 Å². The molecule has 0 bridgehead atoms. The summed E-state index contributed by atoms with van der Waals surface area (Å²) in [4.78, 5) is 4.11. The van der Waals surface area contributed by atoms with E-state index in [4.69, 9.17) is 22.7 Å². The Morgan fingerprint density at radius 2 is 2.36 bits per heavy atom. The fourth-order valence-electron chi connectivity index (χ4n) is 1.17. The highest BCUT2D eigenvalue weighted by molar-refractivity contribution is 6.36. The largest absolute Gasteiger partial charge is 0.384 e. The van der Waals surface area contributed by atoms with E-state index in [0.29, 0.717) is 22.4 Å². The van der Waals surface area contributed by atoms with E-state index >= 15 is 0 Å². The number of hydrogen-bond acceptors (Lipinski definition) is 3. The van der Waals surface area contributed by atoms with Gasteiger partial charge in [0.1, 0.15) is 11.7 Å². The number of rotatable bonds is 3. The van der Waals surface area contributed by atoms with Gasteiger partial charge >= 0.3 is 0 Å². The number of anilines is 1. The Balaban J connectivity index is 2.30. The molecule has 1 heterocycles. The van der Waals surface area contributed by atoms with Crippen LogP contribution in [-0.2, 0) is 0 Å². The van der Waals surface area contributed by atoms with Crippen molar-refractivity contribution in [3.63, 3.8) is 0 Å². The molecule has 1 aromatic heterocycles. The fourth-order valence-corrected chi connectivity index (χ4v) is 1.44. The van der Waals surface area contributed by atoms with Gasteiger partial charge in [-0.2, -0.15) is 0 Å². The van der Waals surface area contributed by atoms with Crippen LogP contribution in [0.5, 0.6) is 0 Å². The molecule has 74 valence electrons. The van der Waals surface area contributed by atoms with Gasteiger partial charge in [0.2, 0.25) is 0 Å². The molecule has 1 fully saturated rings. The number of nitrogens with two attached hydrogens (primary N) is 1. The first-order valence-corrected chi connectivity index (χ1v) is 4.81. The number of halogens is 1. The summed E-state index contributed by atoms with van der Waals surface area (Å²) in [6.45, 7) is 0. The molecule has 5 heteroatoms. The quantitative estimate of drug-likeness (QED) is 0.524. The highest BCUT2D eigenvalue weighted by Crippen LogP contribution is 2.29.